The van der Waals surface area contributed by atoms with Crippen LogP contribution in [0.1, 0.15) is 28.2 Å². The van der Waals surface area contributed by atoms with Gasteiger partial charge in [0.2, 0.25) is 0 Å². The molecule has 0 aliphatic carbocycles. The van der Waals surface area contributed by atoms with E-state index in [0.717, 1.165) is 48.7 Å². The normalized spacial score (nSPS) is 16.8. The molecule has 1 aliphatic heterocycles. The topological polar surface area (TPSA) is 37.3 Å². The number of nitrogens with one attached hydrogen (secondary N) is 1. The quantitative estimate of drug-likeness (QED) is 0.902. The fraction of sp³-hybridized carbons (Fsp3) is 0.421. The summed E-state index contributed by atoms with van der Waals surface area (Å²) in [7, 11) is 1.95. The van der Waals surface area contributed by atoms with Gasteiger partial charge in [0.15, 0.2) is 0 Å². The Morgan fingerprint density at radius 3 is 2.60 bits per heavy atom. The van der Waals surface area contributed by atoms with Gasteiger partial charge in [0.25, 0.3) is 5.91 Å². The van der Waals surface area contributed by atoms with Crippen LogP contribution in [0, 0.1) is 25.6 Å². The van der Waals surface area contributed by atoms with Crippen molar-refractivity contribution in [3.8, 4) is 5.69 Å². The lowest BCUT2D eigenvalue weighted by Gasteiger charge is -2.17. The smallest absolute Gasteiger partial charge is 0.255 e. The van der Waals surface area contributed by atoms with Crippen LogP contribution in [-0.2, 0) is 0 Å². The van der Waals surface area contributed by atoms with Crippen LogP contribution in [0.4, 0.5) is 4.39 Å². The second-order valence-corrected chi connectivity index (χ2v) is 6.56. The van der Waals surface area contributed by atoms with Gasteiger partial charge in [0.1, 0.15) is 5.82 Å². The lowest BCUT2D eigenvalue weighted by atomic mass is 10.1. The molecule has 2 heterocycles. The van der Waals surface area contributed by atoms with E-state index in [-0.39, 0.29) is 24.1 Å². The number of carbonyl (C=O) groups is 1. The van der Waals surface area contributed by atoms with E-state index in [9.17, 15) is 9.18 Å². The molecule has 1 amide bonds. The zero-order valence-electron chi connectivity index (χ0n) is 14.9. The Balaban J connectivity index is 0.00000225. The highest BCUT2D eigenvalue weighted by molar-refractivity contribution is 5.96. The van der Waals surface area contributed by atoms with Crippen LogP contribution in [0.15, 0.2) is 30.3 Å². The first kappa shape index (κ1) is 19.5. The van der Waals surface area contributed by atoms with Crippen LogP contribution in [0.25, 0.3) is 5.69 Å². The lowest BCUT2D eigenvalue weighted by Crippen LogP contribution is -2.30. The second-order valence-electron chi connectivity index (χ2n) is 6.56. The number of carbonyl (C=O) groups excluding carboxylic acids is 1. The van der Waals surface area contributed by atoms with Crippen LogP contribution < -0.4 is 5.32 Å². The highest BCUT2D eigenvalue weighted by Gasteiger charge is 2.28. The van der Waals surface area contributed by atoms with Crippen LogP contribution in [0.2, 0.25) is 0 Å². The maximum atomic E-state index is 13.2. The van der Waals surface area contributed by atoms with E-state index in [2.05, 4.69) is 5.32 Å². The zero-order valence-corrected chi connectivity index (χ0v) is 15.7. The summed E-state index contributed by atoms with van der Waals surface area (Å²) in [6, 6.07) is 8.30. The summed E-state index contributed by atoms with van der Waals surface area (Å²) in [6.45, 7) is 6.48. The van der Waals surface area contributed by atoms with Crippen molar-refractivity contribution in [2.45, 2.75) is 20.3 Å². The SMILES string of the molecule is CNCC1CCN(C(=O)c2cc(C)n(-c3ccc(F)cc3)c2C)C1.Cl. The maximum Gasteiger partial charge on any atom is 0.255 e. The van der Waals surface area contributed by atoms with E-state index >= 15 is 0 Å². The predicted molar refractivity (Wildman–Crippen MR) is 100 cm³/mol. The minimum Gasteiger partial charge on any atom is -0.338 e. The number of aryl methyl sites for hydroxylation is 1. The molecule has 1 aliphatic rings. The number of hydrogen-bond acceptors (Lipinski definition) is 2. The Hall–Kier alpha value is -1.85. The van der Waals surface area contributed by atoms with Crippen LogP contribution in [-0.4, -0.2) is 42.1 Å². The molecule has 25 heavy (non-hydrogen) atoms. The Bertz CT molecular complexity index is 742. The molecule has 1 atom stereocenters. The van der Waals surface area contributed by atoms with Crippen molar-refractivity contribution in [2.24, 2.45) is 5.92 Å². The third-order valence-electron chi connectivity index (χ3n) is 4.81. The summed E-state index contributed by atoms with van der Waals surface area (Å²) in [5.41, 5.74) is 3.50. The molecule has 3 rings (SSSR count). The van der Waals surface area contributed by atoms with Crippen LogP contribution >= 0.6 is 12.4 Å². The standard InChI is InChI=1S/C19H24FN3O.ClH/c1-13-10-18(19(24)22-9-8-15(12-22)11-21-3)14(2)23(13)17-6-4-16(20)5-7-17;/h4-7,10,15,21H,8-9,11-12H2,1-3H3;1H. The van der Waals surface area contributed by atoms with Gasteiger partial charge >= 0.3 is 0 Å². The molecule has 1 aromatic carbocycles. The van der Waals surface area contributed by atoms with Crippen molar-refractivity contribution < 1.29 is 9.18 Å². The molecule has 136 valence electrons. The molecule has 0 bridgehead atoms. The van der Waals surface area contributed by atoms with Gasteiger partial charge in [-0.1, -0.05) is 0 Å². The number of halogens is 2. The van der Waals surface area contributed by atoms with E-state index in [1.165, 1.54) is 12.1 Å². The van der Waals surface area contributed by atoms with Gasteiger partial charge in [0.05, 0.1) is 5.56 Å². The Kier molecular flexibility index (Phi) is 6.25. The van der Waals surface area contributed by atoms with Gasteiger partial charge in [-0.15, -0.1) is 12.4 Å². The van der Waals surface area contributed by atoms with Crippen molar-refractivity contribution in [3.05, 3.63) is 53.1 Å². The first-order chi connectivity index (χ1) is 11.5. The van der Waals surface area contributed by atoms with Gasteiger partial charge in [-0.3, -0.25) is 4.79 Å². The fourth-order valence-corrected chi connectivity index (χ4v) is 3.61. The summed E-state index contributed by atoms with van der Waals surface area (Å²) in [4.78, 5) is 14.8. The minimum atomic E-state index is -0.259. The van der Waals surface area contributed by atoms with E-state index < -0.39 is 0 Å². The Labute approximate surface area is 154 Å². The average molecular weight is 366 g/mol. The molecule has 1 saturated heterocycles. The molecule has 0 spiro atoms. The molecule has 1 fully saturated rings. The molecular formula is C19H25ClFN3O. The first-order valence-corrected chi connectivity index (χ1v) is 8.40. The monoisotopic (exact) mass is 365 g/mol. The lowest BCUT2D eigenvalue weighted by molar-refractivity contribution is 0.0786. The molecule has 1 unspecified atom stereocenters. The zero-order chi connectivity index (χ0) is 17.3. The van der Waals surface area contributed by atoms with Crippen LogP contribution in [0.3, 0.4) is 0 Å². The van der Waals surface area contributed by atoms with Gasteiger partial charge < -0.3 is 14.8 Å². The summed E-state index contributed by atoms with van der Waals surface area (Å²) in [6.07, 6.45) is 1.04. The highest BCUT2D eigenvalue weighted by atomic mass is 35.5. The van der Waals surface area contributed by atoms with Crippen molar-refractivity contribution in [3.63, 3.8) is 0 Å². The van der Waals surface area contributed by atoms with Gasteiger partial charge in [-0.05, 0) is 70.1 Å². The average Bonchev–Trinajstić information content (AvgIpc) is 3.13. The number of amides is 1. The van der Waals surface area contributed by atoms with E-state index in [1.807, 2.05) is 36.4 Å². The molecule has 1 N–H and O–H groups in total. The van der Waals surface area contributed by atoms with Crippen LogP contribution in [0.5, 0.6) is 0 Å². The number of benzene rings is 1. The van der Waals surface area contributed by atoms with Crippen molar-refractivity contribution in [1.82, 2.24) is 14.8 Å². The number of nitrogens with zero attached hydrogens (tertiary/aromatic N) is 2. The number of hydrogen-bond donors (Lipinski definition) is 1. The summed E-state index contributed by atoms with van der Waals surface area (Å²) in [5, 5.41) is 3.19. The van der Waals surface area contributed by atoms with Crippen molar-refractivity contribution >= 4 is 18.3 Å². The van der Waals surface area contributed by atoms with Crippen molar-refractivity contribution in [1.29, 1.82) is 0 Å². The number of rotatable bonds is 4. The summed E-state index contributed by atoms with van der Waals surface area (Å²) >= 11 is 0. The highest BCUT2D eigenvalue weighted by Crippen LogP contribution is 2.25. The largest absolute Gasteiger partial charge is 0.338 e. The van der Waals surface area contributed by atoms with Crippen molar-refractivity contribution in [2.75, 3.05) is 26.7 Å². The molecule has 4 nitrogen and oxygen atoms in total. The summed E-state index contributed by atoms with van der Waals surface area (Å²) in [5.74, 6) is 0.361. The van der Waals surface area contributed by atoms with E-state index in [1.54, 1.807) is 12.1 Å². The fourth-order valence-electron chi connectivity index (χ4n) is 3.61. The molecule has 0 saturated carbocycles. The molecule has 1 aromatic heterocycles. The van der Waals surface area contributed by atoms with Gasteiger partial charge in [0, 0.05) is 30.2 Å². The Morgan fingerprint density at radius 2 is 1.96 bits per heavy atom. The first-order valence-electron chi connectivity index (χ1n) is 8.40. The van der Waals surface area contributed by atoms with E-state index in [0.29, 0.717) is 5.92 Å². The predicted octanol–water partition coefficient (Wildman–Crippen LogP) is 3.34. The third kappa shape index (κ3) is 3.88. The number of aromatic nitrogens is 1. The minimum absolute atomic E-state index is 0. The van der Waals surface area contributed by atoms with Gasteiger partial charge in [-0.2, -0.15) is 0 Å². The molecular weight excluding hydrogens is 341 g/mol. The molecule has 6 heteroatoms. The molecule has 0 radical (unpaired) electrons. The summed E-state index contributed by atoms with van der Waals surface area (Å²) < 4.78 is 15.2. The van der Waals surface area contributed by atoms with Gasteiger partial charge in [-0.25, -0.2) is 4.39 Å². The Morgan fingerprint density at radius 1 is 1.28 bits per heavy atom. The maximum absolute atomic E-state index is 13.2. The number of likely N-dealkylation sites (tertiary alicyclic amines) is 1. The molecule has 2 aromatic rings. The van der Waals surface area contributed by atoms with E-state index in [4.69, 9.17) is 0 Å². The third-order valence-corrected chi connectivity index (χ3v) is 4.81. The second kappa shape index (κ2) is 8.02.